The number of carbonyl (C=O) groups excluding carboxylic acids is 4. The van der Waals surface area contributed by atoms with Crippen molar-refractivity contribution in [2.75, 3.05) is 27.4 Å². The largest absolute Gasteiger partial charge is 0.478 e. The Kier molecular flexibility index (Phi) is 77.1. The van der Waals surface area contributed by atoms with Gasteiger partial charge in [-0.15, -0.1) is 0 Å². The maximum atomic E-state index is 12.4. The number of carbonyl (C=O) groups is 7. The molecule has 0 aromatic heterocycles. The second-order valence-electron chi connectivity index (χ2n) is 44.6. The molecule has 1 aliphatic heterocycles. The first-order valence-electron chi connectivity index (χ1n) is 57.0. The number of carboxylic acid groups (broad SMARTS) is 3. The average Bonchev–Trinajstić information content (AvgIpc) is 1.71. The minimum atomic E-state index is -0.947. The van der Waals surface area contributed by atoms with E-state index in [0.29, 0.717) is 126 Å². The Labute approximate surface area is 865 Å². The van der Waals surface area contributed by atoms with Gasteiger partial charge in [0.15, 0.2) is 6.29 Å². The molecule has 1 saturated heterocycles. The topological polar surface area (TPSA) is 318 Å². The number of Topliss-reactive ketones (excluding diaryl/α,β-unsaturated/α-hetero) is 2. The molecule has 0 aromatic carbocycles. The SMILES string of the molecule is C=CC(=O)OC.CCCC[C@H](C)C[C@H](C)/C=C/[C@@H]1[C@@H](CCCC/C=C/C(=O)O)[C@@H](O)C[C@H]1C.CCCC[C@H](C)C[C@H](C)/C=C/[C@@H]1[C@@H](CCCC/C=C/C(=O)OC)[C@@H](O)C[C@H]1C.CCCC[C@H](C)C[C@H](C)/C=C/[C@@H]1[C@@H](CCCCC2OCCO2)[C@@H](O)C[C@H]1C.CCCC[C@H](C)C[C@H](C)/C=C/[C@H]1[C@H](C)CC(=O)[C@@H]1CCCC/C=C/C(=O)O.CCCC[C@H](C)C[C@H](O)/C=C/[C@H]1[C@H](O)CC(=O)[C@@H]1CCCC/C=C/C(=O)O. The molecule has 6 fully saturated rings. The van der Waals surface area contributed by atoms with Gasteiger partial charge in [0.05, 0.1) is 58.0 Å². The van der Waals surface area contributed by atoms with Gasteiger partial charge in [-0.25, -0.2) is 24.0 Å². The fourth-order valence-corrected chi connectivity index (χ4v) is 22.7. The van der Waals surface area contributed by atoms with Gasteiger partial charge in [0, 0.05) is 61.0 Å². The van der Waals surface area contributed by atoms with E-state index in [9.17, 15) is 59.1 Å². The molecule has 8 N–H and O–H groups in total. The third-order valence-corrected chi connectivity index (χ3v) is 30.9. The minimum absolute atomic E-state index is 0.0173. The summed E-state index contributed by atoms with van der Waals surface area (Å²) in [4.78, 5) is 76.9. The first-order chi connectivity index (χ1) is 67.7. The van der Waals surface area contributed by atoms with Crippen molar-refractivity contribution >= 4 is 41.4 Å². The highest BCUT2D eigenvalue weighted by Gasteiger charge is 2.43. The molecule has 6 rings (SSSR count). The molecule has 142 heavy (non-hydrogen) atoms. The van der Waals surface area contributed by atoms with Crippen LogP contribution in [0, 0.1) is 136 Å². The third-order valence-electron chi connectivity index (χ3n) is 30.9. The Bertz CT molecular complexity index is 3490. The Morgan fingerprint density at radius 1 is 0.359 bits per heavy atom. The van der Waals surface area contributed by atoms with E-state index in [4.69, 9.17) is 24.8 Å². The number of allylic oxidation sites excluding steroid dienone is 12. The number of rotatable bonds is 65. The molecule has 0 spiro atoms. The second kappa shape index (κ2) is 81.8. The number of esters is 2. The molecule has 0 amide bonds. The Hall–Kier alpha value is -6.19. The first kappa shape index (κ1) is 134. The number of hydrogen-bond acceptors (Lipinski definition) is 16. The highest BCUT2D eigenvalue weighted by Crippen LogP contribution is 2.46. The molecule has 5 saturated carbocycles. The van der Waals surface area contributed by atoms with Crippen LogP contribution in [0.25, 0.3) is 0 Å². The zero-order chi connectivity index (χ0) is 106. The van der Waals surface area contributed by atoms with Crippen molar-refractivity contribution in [3.63, 3.8) is 0 Å². The number of hydrogen-bond donors (Lipinski definition) is 8. The van der Waals surface area contributed by atoms with E-state index in [1.54, 1.807) is 24.3 Å². The van der Waals surface area contributed by atoms with Crippen LogP contribution in [0.4, 0.5) is 0 Å². The van der Waals surface area contributed by atoms with E-state index in [0.717, 1.165) is 203 Å². The summed E-state index contributed by atoms with van der Waals surface area (Å²) in [6.07, 6.45) is 81.8. The smallest absolute Gasteiger partial charge is 0.330 e. The van der Waals surface area contributed by atoms with E-state index in [1.165, 1.54) is 135 Å². The maximum absolute atomic E-state index is 12.4. The summed E-state index contributed by atoms with van der Waals surface area (Å²) in [6.45, 7) is 45.8. The summed E-state index contributed by atoms with van der Waals surface area (Å²) in [5, 5.41) is 77.8. The van der Waals surface area contributed by atoms with E-state index in [-0.39, 0.29) is 60.5 Å². The molecule has 1 heterocycles. The van der Waals surface area contributed by atoms with Crippen molar-refractivity contribution in [1.29, 1.82) is 0 Å². The monoisotopic (exact) mass is 1990 g/mol. The van der Waals surface area contributed by atoms with Crippen molar-refractivity contribution in [1.82, 2.24) is 0 Å². The highest BCUT2D eigenvalue weighted by molar-refractivity contribution is 5.85. The van der Waals surface area contributed by atoms with Crippen molar-refractivity contribution in [3.05, 3.63) is 122 Å². The predicted octanol–water partition coefficient (Wildman–Crippen LogP) is 29.2. The number of aliphatic carboxylic acids is 3. The van der Waals surface area contributed by atoms with Crippen molar-refractivity contribution in [3.8, 4) is 0 Å². The highest BCUT2D eigenvalue weighted by atomic mass is 16.7. The summed E-state index contributed by atoms with van der Waals surface area (Å²) in [5.74, 6) is 8.01. The van der Waals surface area contributed by atoms with E-state index < -0.39 is 36.1 Å². The number of methoxy groups -OCH3 is 2. The molecule has 28 atom stereocenters. The van der Waals surface area contributed by atoms with Crippen LogP contribution < -0.4 is 0 Å². The molecule has 19 heteroatoms. The first-order valence-corrected chi connectivity index (χ1v) is 57.0. The van der Waals surface area contributed by atoms with E-state index in [2.05, 4.69) is 189 Å². The standard InChI is InChI=1S/C25H44O3.C24H44O3.C24H42O3.C24H40O3.C22H36O5.C4H6O2/c1-6-7-12-19(2)17-20(3)15-16-22-21(4)18-24(26)23(22)13-10-8-9-11-14-25(27)28-5;1-5-6-9-18(2)16-19(3)12-13-21-20(4)17-23(25)22(21)10-7-8-11-24-26-14-15-27-24;2*1-5-6-11-18(2)16-19(3)14-15-21-20(4)17-23(25)22(21)12-9-7-8-10-13-24(26)27;1-3-4-9-16(2)14-17(23)12-13-19-18(20(24)15-21(19)25)10-7-5-6-8-11-22(26)27;1-3-4(5)6-2/h11,14-16,19-24,26H,6-10,12-13,17-18H2,1-5H3;12-13,18-25H,5-11,14-17H2,1-4H3;10,13-15,18-23,25H,5-9,11-12,16-17H2,1-4H3,(H,26,27);10,13-15,18-22H,5-9,11-12,16-17H2,1-4H3,(H,26,27);8,11-13,16-19,21,23,25H,3-7,9-10,14-15H2,1-2H3,(H,26,27);3H,1H2,2H3/b14-11+,16-15+;13-12+;2*13-10+,15-14+;11-8+,13-12+;/t19-,20+,21+,22-,23+,24-;2*18-,19+,20+,21-,22+,23-;18-,19+,20+,21-,22+;16-,17+,18+,19+,21+;/m00000./s1. The van der Waals surface area contributed by atoms with Gasteiger partial charge in [0.1, 0.15) is 11.6 Å². The molecular formula is C123H212O19. The molecule has 19 nitrogen and oxygen atoms in total. The lowest BCUT2D eigenvalue weighted by Gasteiger charge is -2.22. The number of carboxylic acids is 3. The van der Waals surface area contributed by atoms with Crippen LogP contribution in [0.3, 0.4) is 0 Å². The molecular weight excluding hydrogens is 1780 g/mol. The molecule has 6 aliphatic rings. The number of ether oxygens (including phenoxy) is 4. The van der Waals surface area contributed by atoms with Crippen LogP contribution in [-0.2, 0) is 52.5 Å². The van der Waals surface area contributed by atoms with Crippen molar-refractivity contribution in [2.45, 2.75) is 450 Å². The number of unbranched alkanes of at least 4 members (excludes halogenated alkanes) is 14. The van der Waals surface area contributed by atoms with Crippen LogP contribution in [-0.4, -0.2) is 147 Å². The van der Waals surface area contributed by atoms with Crippen molar-refractivity contribution < 1.29 is 93.4 Å². The van der Waals surface area contributed by atoms with Gasteiger partial charge in [-0.2, -0.15) is 0 Å². The second-order valence-corrected chi connectivity index (χ2v) is 44.6. The maximum Gasteiger partial charge on any atom is 0.330 e. The third kappa shape index (κ3) is 62.2. The summed E-state index contributed by atoms with van der Waals surface area (Å²) in [7, 11) is 2.71. The van der Waals surface area contributed by atoms with Gasteiger partial charge in [0.25, 0.3) is 0 Å². The van der Waals surface area contributed by atoms with Crippen LogP contribution in [0.2, 0.25) is 0 Å². The van der Waals surface area contributed by atoms with Crippen LogP contribution in [0.15, 0.2) is 122 Å². The lowest BCUT2D eigenvalue weighted by molar-refractivity contribution is -0.135. The molecule has 0 aromatic rings. The average molecular weight is 2000 g/mol. The zero-order valence-corrected chi connectivity index (χ0v) is 93.2. The Balaban J connectivity index is 0.000000873. The molecule has 0 radical (unpaired) electrons. The predicted molar refractivity (Wildman–Crippen MR) is 585 cm³/mol. The fourth-order valence-electron chi connectivity index (χ4n) is 22.7. The number of aliphatic hydroxyl groups excluding tert-OH is 5. The fraction of sp³-hybridized carbons (Fsp3) is 0.780. The zero-order valence-electron chi connectivity index (χ0n) is 93.2. The van der Waals surface area contributed by atoms with Crippen LogP contribution >= 0.6 is 0 Å². The van der Waals surface area contributed by atoms with Gasteiger partial charge in [-0.3, -0.25) is 9.59 Å². The van der Waals surface area contributed by atoms with Crippen molar-refractivity contribution in [2.24, 2.45) is 136 Å². The van der Waals surface area contributed by atoms with E-state index >= 15 is 0 Å². The molecule has 0 bridgehead atoms. The van der Waals surface area contributed by atoms with Crippen LogP contribution in [0.1, 0.15) is 414 Å². The van der Waals surface area contributed by atoms with Gasteiger partial charge in [-0.1, -0.05) is 345 Å². The van der Waals surface area contributed by atoms with Crippen LogP contribution in [0.5, 0.6) is 0 Å². The Morgan fingerprint density at radius 2 is 0.648 bits per heavy atom. The minimum Gasteiger partial charge on any atom is -0.478 e. The van der Waals surface area contributed by atoms with Gasteiger partial charge in [-0.05, 0) is 266 Å². The lowest BCUT2D eigenvalue weighted by Crippen LogP contribution is -2.19. The van der Waals surface area contributed by atoms with E-state index in [1.807, 2.05) is 12.2 Å². The number of aliphatic hydroxyl groups is 5. The molecule has 818 valence electrons. The van der Waals surface area contributed by atoms with Gasteiger partial charge in [0.2, 0.25) is 0 Å². The summed E-state index contributed by atoms with van der Waals surface area (Å²) in [5.41, 5.74) is 0. The Morgan fingerprint density at radius 3 is 0.965 bits per heavy atom. The summed E-state index contributed by atoms with van der Waals surface area (Å²) >= 11 is 0. The van der Waals surface area contributed by atoms with Gasteiger partial charge >= 0.3 is 29.8 Å². The molecule has 5 aliphatic carbocycles. The van der Waals surface area contributed by atoms with Gasteiger partial charge < -0.3 is 59.8 Å². The lowest BCUT2D eigenvalue weighted by atomic mass is 9.84. The normalized spacial score (nSPS) is 26.8. The summed E-state index contributed by atoms with van der Waals surface area (Å²) < 4.78 is 19.8. The molecule has 0 unspecified atom stereocenters. The number of ketones is 2. The quantitative estimate of drug-likeness (QED) is 0.0121. The summed E-state index contributed by atoms with van der Waals surface area (Å²) in [6, 6.07) is 0.